The number of fused-ring (bicyclic) bond motifs is 8. The van der Waals surface area contributed by atoms with Gasteiger partial charge in [0.15, 0.2) is 6.10 Å². The highest BCUT2D eigenvalue weighted by molar-refractivity contribution is 6.34. The van der Waals surface area contributed by atoms with E-state index in [1.807, 2.05) is 49.4 Å². The average Bonchev–Trinajstić information content (AvgIpc) is 3.44. The van der Waals surface area contributed by atoms with Gasteiger partial charge in [-0.05, 0) is 25.1 Å². The zero-order valence-electron chi connectivity index (χ0n) is 15.5. The molecule has 7 heteroatoms. The van der Waals surface area contributed by atoms with Crippen molar-refractivity contribution in [3.8, 4) is 0 Å². The van der Waals surface area contributed by atoms with Gasteiger partial charge in [-0.2, -0.15) is 0 Å². The molecule has 146 valence electrons. The van der Waals surface area contributed by atoms with Crippen molar-refractivity contribution in [3.63, 3.8) is 0 Å². The Hall–Kier alpha value is -2.70. The first-order valence-corrected chi connectivity index (χ1v) is 10.0. The molecule has 2 amide bonds. The zero-order valence-corrected chi connectivity index (χ0v) is 16.2. The van der Waals surface area contributed by atoms with Gasteiger partial charge in [0.25, 0.3) is 0 Å². The SMILES string of the molecule is Cc1ccc(N2C(=O)[C@@H]3[C@H]4O[C@H]([C@H]5ON=C(c6ccccc6Cl)[C@H]54)[C@@H]3C2=O)cc1. The van der Waals surface area contributed by atoms with Gasteiger partial charge in [0, 0.05) is 10.6 Å². The minimum absolute atomic E-state index is 0.208. The van der Waals surface area contributed by atoms with E-state index < -0.39 is 24.0 Å². The standard InChI is InChI=1S/C22H17ClN2O4/c1-10-6-8-11(9-7-10)25-21(26)14-15(22(25)27)19-20-16(18(14)28-19)17(24-29-20)12-4-2-3-5-13(12)23/h2-9,14-16,18-20H,1H3/t14-,15+,16-,18+,19-,20-/m0/s1. The fourth-order valence-electron chi connectivity index (χ4n) is 5.20. The zero-order chi connectivity index (χ0) is 19.9. The summed E-state index contributed by atoms with van der Waals surface area (Å²) in [5.41, 5.74) is 3.15. The van der Waals surface area contributed by atoms with Crippen molar-refractivity contribution < 1.29 is 19.2 Å². The number of oxime groups is 1. The Balaban J connectivity index is 1.37. The largest absolute Gasteiger partial charge is 0.389 e. The number of nitrogens with zero attached hydrogens (tertiary/aromatic N) is 2. The number of carbonyl (C=O) groups excluding carboxylic acids is 2. The van der Waals surface area contributed by atoms with Crippen LogP contribution in [0.1, 0.15) is 11.1 Å². The Labute approximate surface area is 172 Å². The molecule has 4 aliphatic rings. The average molecular weight is 409 g/mol. The molecule has 3 saturated heterocycles. The lowest BCUT2D eigenvalue weighted by molar-refractivity contribution is -0.125. The lowest BCUT2D eigenvalue weighted by atomic mass is 9.71. The van der Waals surface area contributed by atoms with E-state index >= 15 is 0 Å². The van der Waals surface area contributed by atoms with Crippen LogP contribution in [0.25, 0.3) is 0 Å². The van der Waals surface area contributed by atoms with E-state index in [0.717, 1.165) is 11.1 Å². The normalized spacial score (nSPS) is 34.3. The first kappa shape index (κ1) is 17.2. The van der Waals surface area contributed by atoms with Crippen molar-refractivity contribution in [2.75, 3.05) is 4.90 Å². The number of amides is 2. The third kappa shape index (κ3) is 2.18. The number of hydrogen-bond donors (Lipinski definition) is 0. The maximum absolute atomic E-state index is 13.3. The van der Waals surface area contributed by atoms with Gasteiger partial charge in [0.2, 0.25) is 11.8 Å². The molecule has 6 atom stereocenters. The first-order chi connectivity index (χ1) is 14.1. The molecular weight excluding hydrogens is 392 g/mol. The van der Waals surface area contributed by atoms with E-state index in [0.29, 0.717) is 16.4 Å². The number of anilines is 1. The lowest BCUT2D eigenvalue weighted by Crippen LogP contribution is -2.45. The minimum Gasteiger partial charge on any atom is -0.389 e. The molecule has 6 rings (SSSR count). The number of rotatable bonds is 2. The summed E-state index contributed by atoms with van der Waals surface area (Å²) in [6.07, 6.45) is -1.30. The number of benzene rings is 2. The Morgan fingerprint density at radius 1 is 0.897 bits per heavy atom. The molecule has 4 heterocycles. The molecule has 0 radical (unpaired) electrons. The predicted molar refractivity (Wildman–Crippen MR) is 106 cm³/mol. The van der Waals surface area contributed by atoms with Gasteiger partial charge >= 0.3 is 0 Å². The maximum atomic E-state index is 13.3. The summed E-state index contributed by atoms with van der Waals surface area (Å²) in [5, 5.41) is 4.85. The van der Waals surface area contributed by atoms with Crippen LogP contribution < -0.4 is 4.90 Å². The highest BCUT2D eigenvalue weighted by atomic mass is 35.5. The Bertz CT molecular complexity index is 1080. The van der Waals surface area contributed by atoms with Crippen LogP contribution in [0.4, 0.5) is 5.69 Å². The van der Waals surface area contributed by atoms with Crippen molar-refractivity contribution >= 4 is 34.8 Å². The van der Waals surface area contributed by atoms with Gasteiger partial charge in [0.05, 0.1) is 35.3 Å². The summed E-state index contributed by atoms with van der Waals surface area (Å²) in [6.45, 7) is 1.97. The van der Waals surface area contributed by atoms with Crippen LogP contribution in [0.15, 0.2) is 53.7 Å². The van der Waals surface area contributed by atoms with Crippen molar-refractivity contribution in [1.82, 2.24) is 0 Å². The third-order valence-electron chi connectivity index (χ3n) is 6.48. The van der Waals surface area contributed by atoms with Crippen LogP contribution in [0.2, 0.25) is 5.02 Å². The van der Waals surface area contributed by atoms with E-state index in [-0.39, 0.29) is 23.8 Å². The molecule has 0 saturated carbocycles. The number of carbonyl (C=O) groups is 2. The van der Waals surface area contributed by atoms with Crippen LogP contribution in [-0.4, -0.2) is 35.8 Å². The smallest absolute Gasteiger partial charge is 0.240 e. The predicted octanol–water partition coefficient (Wildman–Crippen LogP) is 2.95. The summed E-state index contributed by atoms with van der Waals surface area (Å²) in [5.74, 6) is -1.69. The van der Waals surface area contributed by atoms with Crippen molar-refractivity contribution in [1.29, 1.82) is 0 Å². The van der Waals surface area contributed by atoms with Gasteiger partial charge < -0.3 is 9.57 Å². The number of ether oxygens (including phenoxy) is 1. The maximum Gasteiger partial charge on any atom is 0.240 e. The summed E-state index contributed by atoms with van der Waals surface area (Å²) in [4.78, 5) is 33.5. The highest BCUT2D eigenvalue weighted by Gasteiger charge is 2.72. The second kappa shape index (κ2) is 5.90. The van der Waals surface area contributed by atoms with E-state index in [9.17, 15) is 9.59 Å². The summed E-state index contributed by atoms with van der Waals surface area (Å²) < 4.78 is 6.12. The van der Waals surface area contributed by atoms with Crippen LogP contribution in [0.3, 0.4) is 0 Å². The number of aryl methyl sites for hydroxylation is 1. The molecular formula is C22H17ClN2O4. The van der Waals surface area contributed by atoms with Gasteiger partial charge in [-0.15, -0.1) is 0 Å². The summed E-state index contributed by atoms with van der Waals surface area (Å²) >= 11 is 6.37. The van der Waals surface area contributed by atoms with E-state index in [1.54, 1.807) is 6.07 Å². The second-order valence-electron chi connectivity index (χ2n) is 8.02. The van der Waals surface area contributed by atoms with Gasteiger partial charge in [0.1, 0.15) is 6.10 Å². The van der Waals surface area contributed by atoms with Gasteiger partial charge in [-0.1, -0.05) is 52.7 Å². The van der Waals surface area contributed by atoms with Crippen molar-refractivity contribution in [2.24, 2.45) is 22.9 Å². The molecule has 2 bridgehead atoms. The Morgan fingerprint density at radius 2 is 1.59 bits per heavy atom. The van der Waals surface area contributed by atoms with Crippen LogP contribution in [0, 0.1) is 24.7 Å². The number of halogens is 1. The molecule has 3 fully saturated rings. The minimum atomic E-state index is -0.532. The van der Waals surface area contributed by atoms with E-state index in [2.05, 4.69) is 5.16 Å². The molecule has 29 heavy (non-hydrogen) atoms. The third-order valence-corrected chi connectivity index (χ3v) is 6.81. The summed E-state index contributed by atoms with van der Waals surface area (Å²) in [6, 6.07) is 14.8. The number of hydrogen-bond acceptors (Lipinski definition) is 5. The molecule has 0 aromatic heterocycles. The highest BCUT2D eigenvalue weighted by Crippen LogP contribution is 2.55. The molecule has 4 aliphatic heterocycles. The fourth-order valence-corrected chi connectivity index (χ4v) is 5.43. The molecule has 6 nitrogen and oxygen atoms in total. The number of imide groups is 1. The molecule has 2 aromatic rings. The van der Waals surface area contributed by atoms with Crippen LogP contribution in [-0.2, 0) is 19.2 Å². The van der Waals surface area contributed by atoms with Crippen molar-refractivity contribution in [2.45, 2.75) is 25.2 Å². The quantitative estimate of drug-likeness (QED) is 0.716. The monoisotopic (exact) mass is 408 g/mol. The summed E-state index contributed by atoms with van der Waals surface area (Å²) in [7, 11) is 0. The molecule has 0 unspecified atom stereocenters. The molecule has 0 spiro atoms. The van der Waals surface area contributed by atoms with Crippen LogP contribution in [0.5, 0.6) is 0 Å². The van der Waals surface area contributed by atoms with E-state index in [4.69, 9.17) is 21.2 Å². The van der Waals surface area contributed by atoms with Gasteiger partial charge in [-0.25, -0.2) is 4.90 Å². The lowest BCUT2D eigenvalue weighted by Gasteiger charge is -2.26. The second-order valence-corrected chi connectivity index (χ2v) is 8.42. The molecule has 2 aromatic carbocycles. The Kier molecular flexibility index (Phi) is 3.50. The van der Waals surface area contributed by atoms with E-state index in [1.165, 1.54) is 4.90 Å². The van der Waals surface area contributed by atoms with Crippen LogP contribution >= 0.6 is 11.6 Å². The van der Waals surface area contributed by atoms with Crippen molar-refractivity contribution in [3.05, 3.63) is 64.7 Å². The molecule has 0 N–H and O–H groups in total. The molecule has 0 aliphatic carbocycles. The first-order valence-electron chi connectivity index (χ1n) is 9.65. The topological polar surface area (TPSA) is 68.2 Å². The Morgan fingerprint density at radius 3 is 2.31 bits per heavy atom. The van der Waals surface area contributed by atoms with Gasteiger partial charge in [-0.3, -0.25) is 9.59 Å². The fraction of sp³-hybridized carbons (Fsp3) is 0.318.